The number of ether oxygens (including phenoxy) is 2. The first kappa shape index (κ1) is 37.9. The van der Waals surface area contributed by atoms with Gasteiger partial charge in [-0.15, -0.1) is 0 Å². The minimum atomic E-state index is -0.672. The van der Waals surface area contributed by atoms with Crippen molar-refractivity contribution in [3.63, 3.8) is 0 Å². The van der Waals surface area contributed by atoms with Crippen molar-refractivity contribution in [1.82, 2.24) is 35.1 Å². The number of nitrogens with one attached hydrogen (secondary N) is 3. The van der Waals surface area contributed by atoms with E-state index >= 15 is 0 Å². The number of methoxy groups -OCH3 is 1. The van der Waals surface area contributed by atoms with E-state index in [0.717, 1.165) is 94.6 Å². The number of aromatic amines is 2. The average Bonchev–Trinajstić information content (AvgIpc) is 3.97. The number of benzene rings is 3. The van der Waals surface area contributed by atoms with Crippen LogP contribution in [0.15, 0.2) is 73.1 Å². The molecule has 4 aliphatic rings. The molecule has 5 aromatic rings. The van der Waals surface area contributed by atoms with Gasteiger partial charge in [0.15, 0.2) is 0 Å². The fraction of sp³-hybridized carbons (Fsp3) is 0.457. The Hall–Kier alpha value is -5.65. The molecule has 12 nitrogen and oxygen atoms in total. The van der Waals surface area contributed by atoms with Crippen LogP contribution in [0.3, 0.4) is 0 Å². The minimum absolute atomic E-state index is 0.0825. The molecule has 7 atom stereocenters. The zero-order valence-electron chi connectivity index (χ0n) is 34.1. The van der Waals surface area contributed by atoms with E-state index in [1.54, 1.807) is 0 Å². The summed E-state index contributed by atoms with van der Waals surface area (Å²) in [5, 5.41) is 5.03. The lowest BCUT2D eigenvalue weighted by atomic mass is 9.80. The van der Waals surface area contributed by atoms with E-state index in [-0.39, 0.29) is 42.1 Å². The Bertz CT molecular complexity index is 2360. The minimum Gasteiger partial charge on any atom is -0.453 e. The van der Waals surface area contributed by atoms with E-state index in [4.69, 9.17) is 19.4 Å². The molecule has 3 amide bonds. The monoisotopic (exact) mass is 783 g/mol. The predicted molar refractivity (Wildman–Crippen MR) is 221 cm³/mol. The Morgan fingerprint density at radius 3 is 1.79 bits per heavy atom. The van der Waals surface area contributed by atoms with E-state index in [2.05, 4.69) is 75.9 Å². The number of amides is 3. The molecule has 58 heavy (non-hydrogen) atoms. The molecule has 0 spiro atoms. The van der Waals surface area contributed by atoms with Gasteiger partial charge in [0.1, 0.15) is 23.3 Å². The van der Waals surface area contributed by atoms with Crippen molar-refractivity contribution in [1.29, 1.82) is 0 Å². The second-order valence-corrected chi connectivity index (χ2v) is 18.0. The number of carbonyl (C=O) groups excluding carboxylic acids is 3. The number of aromatic nitrogens is 4. The highest BCUT2D eigenvalue weighted by atomic mass is 16.6. The zero-order valence-corrected chi connectivity index (χ0v) is 34.1. The first-order chi connectivity index (χ1) is 27.8. The molecule has 0 bridgehead atoms. The van der Waals surface area contributed by atoms with Crippen LogP contribution in [0, 0.1) is 17.8 Å². The number of likely N-dealkylation sites (tertiary alicyclic amines) is 2. The summed E-state index contributed by atoms with van der Waals surface area (Å²) in [6, 6.07) is 20.9. The summed E-state index contributed by atoms with van der Waals surface area (Å²) in [5.74, 6) is 2.35. The number of H-pyrrole nitrogens is 2. The third kappa shape index (κ3) is 6.90. The van der Waals surface area contributed by atoms with Gasteiger partial charge in [-0.25, -0.2) is 19.6 Å². The predicted octanol–water partition coefficient (Wildman–Crippen LogP) is 9.18. The van der Waals surface area contributed by atoms with Crippen LogP contribution in [0.4, 0.5) is 9.59 Å². The van der Waals surface area contributed by atoms with Crippen LogP contribution in [-0.2, 0) is 14.3 Å². The molecule has 0 radical (unpaired) electrons. The topological polar surface area (TPSA) is 146 Å². The van der Waals surface area contributed by atoms with Gasteiger partial charge in [-0.05, 0) is 117 Å². The van der Waals surface area contributed by atoms with Gasteiger partial charge in [-0.3, -0.25) is 9.69 Å². The number of fused-ring (bicyclic) bond motifs is 3. The number of carbonyl (C=O) groups is 3. The standard InChI is InChI=1S/C46H53N7O5/c1-25(2)40(51-44(55)57-6)43(54)52-36-17-15-32(36)21-38(52)41-47-23-34(49-41)27-9-7-26(8-10-27)28-11-12-30-20-31(14-13-29(30)19-28)35-24-48-42(50-35)39-22-33-16-18-37(33)53(39)45(56)58-46(3,4)5/h7-14,19-20,23-25,32-33,36-40H,15-18,21-22H2,1-6H3,(H,47,49)(H,48,50)(H,51,55)/t32-,33-,36-,37-,38+,39+,40+/m1/s1. The second-order valence-electron chi connectivity index (χ2n) is 18.0. The van der Waals surface area contributed by atoms with Gasteiger partial charge in [0.25, 0.3) is 0 Å². The van der Waals surface area contributed by atoms with Gasteiger partial charge in [0.05, 0.1) is 43.0 Å². The molecule has 3 aromatic carbocycles. The summed E-state index contributed by atoms with van der Waals surface area (Å²) < 4.78 is 10.6. The Morgan fingerprint density at radius 2 is 1.24 bits per heavy atom. The molecular weight excluding hydrogens is 731 g/mol. The van der Waals surface area contributed by atoms with Crippen molar-refractivity contribution in [2.24, 2.45) is 17.8 Å². The van der Waals surface area contributed by atoms with Crippen molar-refractivity contribution in [2.75, 3.05) is 7.11 Å². The SMILES string of the molecule is COC(=O)N[C@H](C(=O)N1[C@@H]2CC[C@@H]2C[C@H]1c1ncc(-c2ccc(-c3ccc4cc(-c5cnc([C@@H]6C[C@H]7CC[C@H]7N6C(=O)OC(C)(C)C)[nH]5)ccc4c3)cc2)[nH]1)C(C)C. The van der Waals surface area contributed by atoms with E-state index in [1.165, 1.54) is 7.11 Å². The maximum absolute atomic E-state index is 13.9. The largest absolute Gasteiger partial charge is 0.453 e. The van der Waals surface area contributed by atoms with Crippen molar-refractivity contribution < 1.29 is 23.9 Å². The maximum atomic E-state index is 13.9. The summed E-state index contributed by atoms with van der Waals surface area (Å²) in [4.78, 5) is 59.9. The molecule has 2 saturated heterocycles. The lowest BCUT2D eigenvalue weighted by Gasteiger charge is -2.39. The summed E-state index contributed by atoms with van der Waals surface area (Å²) in [7, 11) is 1.31. The first-order valence-electron chi connectivity index (χ1n) is 20.8. The normalized spacial score (nSPS) is 24.2. The smallest absolute Gasteiger partial charge is 0.411 e. The van der Waals surface area contributed by atoms with Gasteiger partial charge in [0.2, 0.25) is 5.91 Å². The average molecular weight is 784 g/mol. The van der Waals surface area contributed by atoms with Crippen LogP contribution in [0.2, 0.25) is 0 Å². The number of imidazole rings is 2. The highest BCUT2D eigenvalue weighted by molar-refractivity contribution is 5.91. The van der Waals surface area contributed by atoms with Crippen LogP contribution in [-0.4, -0.2) is 78.7 Å². The Morgan fingerprint density at radius 1 is 0.724 bits per heavy atom. The van der Waals surface area contributed by atoms with Crippen LogP contribution in [0.25, 0.3) is 44.4 Å². The number of rotatable bonds is 8. The van der Waals surface area contributed by atoms with Crippen molar-refractivity contribution in [2.45, 2.75) is 109 Å². The Labute approximate surface area is 339 Å². The molecule has 9 rings (SSSR count). The Balaban J connectivity index is 0.893. The molecule has 4 heterocycles. The molecule has 4 fully saturated rings. The highest BCUT2D eigenvalue weighted by Crippen LogP contribution is 2.51. The quantitative estimate of drug-likeness (QED) is 0.142. The Kier molecular flexibility index (Phi) is 9.56. The molecule has 2 aliphatic carbocycles. The molecule has 0 unspecified atom stereocenters. The molecule has 12 heteroatoms. The van der Waals surface area contributed by atoms with E-state index in [1.807, 2.05) is 56.8 Å². The van der Waals surface area contributed by atoms with E-state index < -0.39 is 17.7 Å². The lowest BCUT2D eigenvalue weighted by molar-refractivity contribution is -0.139. The molecule has 2 saturated carbocycles. The van der Waals surface area contributed by atoms with Crippen LogP contribution < -0.4 is 5.32 Å². The fourth-order valence-corrected chi connectivity index (χ4v) is 9.63. The van der Waals surface area contributed by atoms with Gasteiger partial charge in [-0.2, -0.15) is 0 Å². The number of hydrogen-bond donors (Lipinski definition) is 3. The zero-order chi connectivity index (χ0) is 40.5. The highest BCUT2D eigenvalue weighted by Gasteiger charge is 2.52. The van der Waals surface area contributed by atoms with Gasteiger partial charge in [0, 0.05) is 17.6 Å². The van der Waals surface area contributed by atoms with E-state index in [9.17, 15) is 14.4 Å². The van der Waals surface area contributed by atoms with Gasteiger partial charge >= 0.3 is 12.2 Å². The van der Waals surface area contributed by atoms with Crippen LogP contribution in [0.1, 0.15) is 96.9 Å². The summed E-state index contributed by atoms with van der Waals surface area (Å²) in [6.45, 7) is 9.60. The summed E-state index contributed by atoms with van der Waals surface area (Å²) in [5.41, 5.74) is 5.56. The lowest BCUT2D eigenvalue weighted by Crippen LogP contribution is -2.54. The third-order valence-corrected chi connectivity index (χ3v) is 12.9. The molecule has 3 N–H and O–H groups in total. The van der Waals surface area contributed by atoms with Crippen LogP contribution >= 0.6 is 0 Å². The van der Waals surface area contributed by atoms with Crippen molar-refractivity contribution in [3.8, 4) is 33.6 Å². The maximum Gasteiger partial charge on any atom is 0.411 e. The molecule has 2 aliphatic heterocycles. The van der Waals surface area contributed by atoms with E-state index in [0.29, 0.717) is 11.8 Å². The number of hydrogen-bond acceptors (Lipinski definition) is 7. The summed E-state index contributed by atoms with van der Waals surface area (Å²) >= 11 is 0. The van der Waals surface area contributed by atoms with Crippen molar-refractivity contribution >= 4 is 28.9 Å². The molecule has 302 valence electrons. The third-order valence-electron chi connectivity index (χ3n) is 12.9. The van der Waals surface area contributed by atoms with Crippen LogP contribution in [0.5, 0.6) is 0 Å². The molecule has 2 aromatic heterocycles. The molecular formula is C46H53N7O5. The van der Waals surface area contributed by atoms with Gasteiger partial charge in [-0.1, -0.05) is 62.4 Å². The summed E-state index contributed by atoms with van der Waals surface area (Å²) in [6.07, 6.45) is 8.84. The van der Waals surface area contributed by atoms with Crippen molar-refractivity contribution in [3.05, 3.63) is 84.7 Å². The second kappa shape index (κ2) is 14.6. The fourth-order valence-electron chi connectivity index (χ4n) is 9.63. The first-order valence-corrected chi connectivity index (χ1v) is 20.8. The number of alkyl carbamates (subject to hydrolysis) is 1. The van der Waals surface area contributed by atoms with Gasteiger partial charge < -0.3 is 29.7 Å². The number of nitrogens with zero attached hydrogens (tertiary/aromatic N) is 4.